The molecule has 1 amide bonds. The van der Waals surface area contributed by atoms with Gasteiger partial charge in [-0.2, -0.15) is 0 Å². The number of hydrogen-bond donors (Lipinski definition) is 2. The summed E-state index contributed by atoms with van der Waals surface area (Å²) in [5.41, 5.74) is 2.59. The summed E-state index contributed by atoms with van der Waals surface area (Å²) in [5, 5.41) is 5.87. The van der Waals surface area contributed by atoms with Gasteiger partial charge in [-0.25, -0.2) is 4.79 Å². The normalized spacial score (nSPS) is 13.5. The summed E-state index contributed by atoms with van der Waals surface area (Å²) in [5.74, 6) is 0. The predicted molar refractivity (Wildman–Crippen MR) is 72.2 cm³/mol. The minimum absolute atomic E-state index is 0.430. The number of carbonyl (C=O) groups excluding carboxylic acids is 1. The SMILES string of the molecule is CC(C)(C)OC(=O)Nc1ccc2c(c1)C=CNC2. The number of fused-ring (bicyclic) bond motifs is 1. The molecule has 0 fully saturated rings. The maximum absolute atomic E-state index is 11.6. The predicted octanol–water partition coefficient (Wildman–Crippen LogP) is 3.11. The molecule has 0 radical (unpaired) electrons. The van der Waals surface area contributed by atoms with E-state index in [1.165, 1.54) is 5.56 Å². The van der Waals surface area contributed by atoms with Crippen molar-refractivity contribution in [1.82, 2.24) is 5.32 Å². The lowest BCUT2D eigenvalue weighted by Gasteiger charge is -2.20. The van der Waals surface area contributed by atoms with Crippen molar-refractivity contribution in [2.45, 2.75) is 32.9 Å². The van der Waals surface area contributed by atoms with Crippen LogP contribution >= 0.6 is 0 Å². The topological polar surface area (TPSA) is 50.4 Å². The Morgan fingerprint density at radius 3 is 2.89 bits per heavy atom. The molecule has 0 bridgehead atoms. The molecule has 1 aromatic rings. The number of rotatable bonds is 1. The fourth-order valence-corrected chi connectivity index (χ4v) is 1.73. The quantitative estimate of drug-likeness (QED) is 0.800. The average molecular weight is 246 g/mol. The first-order valence-corrected chi connectivity index (χ1v) is 5.97. The summed E-state index contributed by atoms with van der Waals surface area (Å²) in [6.45, 7) is 6.34. The zero-order valence-corrected chi connectivity index (χ0v) is 10.9. The van der Waals surface area contributed by atoms with E-state index in [0.29, 0.717) is 0 Å². The maximum atomic E-state index is 11.6. The van der Waals surface area contributed by atoms with Gasteiger partial charge in [0.15, 0.2) is 0 Å². The molecule has 96 valence electrons. The van der Waals surface area contributed by atoms with E-state index in [2.05, 4.69) is 10.6 Å². The molecule has 0 aliphatic carbocycles. The van der Waals surface area contributed by atoms with Crippen LogP contribution in [0.15, 0.2) is 24.4 Å². The zero-order chi connectivity index (χ0) is 13.2. The van der Waals surface area contributed by atoms with Crippen molar-refractivity contribution < 1.29 is 9.53 Å². The van der Waals surface area contributed by atoms with E-state index in [9.17, 15) is 4.79 Å². The van der Waals surface area contributed by atoms with Gasteiger partial charge in [0.05, 0.1) is 0 Å². The molecule has 0 spiro atoms. The molecule has 1 aliphatic rings. The zero-order valence-electron chi connectivity index (χ0n) is 10.9. The van der Waals surface area contributed by atoms with Crippen LogP contribution in [-0.4, -0.2) is 11.7 Å². The van der Waals surface area contributed by atoms with Gasteiger partial charge in [0.1, 0.15) is 5.60 Å². The van der Waals surface area contributed by atoms with Crippen molar-refractivity contribution in [3.8, 4) is 0 Å². The van der Waals surface area contributed by atoms with Gasteiger partial charge < -0.3 is 10.1 Å². The van der Waals surface area contributed by atoms with Gasteiger partial charge in [-0.3, -0.25) is 5.32 Å². The van der Waals surface area contributed by atoms with Crippen molar-refractivity contribution in [2.24, 2.45) is 0 Å². The van der Waals surface area contributed by atoms with E-state index in [-0.39, 0.29) is 0 Å². The van der Waals surface area contributed by atoms with Gasteiger partial charge in [0.2, 0.25) is 0 Å². The van der Waals surface area contributed by atoms with Crippen LogP contribution in [0, 0.1) is 0 Å². The lowest BCUT2D eigenvalue weighted by molar-refractivity contribution is 0.0636. The Balaban J connectivity index is 2.07. The van der Waals surface area contributed by atoms with Gasteiger partial charge in [0, 0.05) is 12.2 Å². The van der Waals surface area contributed by atoms with Gasteiger partial charge in [-0.05, 0) is 56.3 Å². The lowest BCUT2D eigenvalue weighted by Crippen LogP contribution is -2.27. The van der Waals surface area contributed by atoms with E-state index in [4.69, 9.17) is 4.74 Å². The van der Waals surface area contributed by atoms with E-state index in [1.54, 1.807) is 0 Å². The summed E-state index contributed by atoms with van der Waals surface area (Å²) in [6.07, 6.45) is 3.46. The fraction of sp³-hybridized carbons (Fsp3) is 0.357. The smallest absolute Gasteiger partial charge is 0.412 e. The van der Waals surface area contributed by atoms with Gasteiger partial charge in [-0.1, -0.05) is 6.07 Å². The molecule has 1 aromatic carbocycles. The first kappa shape index (κ1) is 12.5. The number of amides is 1. The Kier molecular flexibility index (Phi) is 3.28. The van der Waals surface area contributed by atoms with E-state index in [1.807, 2.05) is 51.2 Å². The summed E-state index contributed by atoms with van der Waals surface area (Å²) in [7, 11) is 0. The number of anilines is 1. The van der Waals surface area contributed by atoms with Crippen LogP contribution in [0.25, 0.3) is 6.08 Å². The molecule has 4 nitrogen and oxygen atoms in total. The monoisotopic (exact) mass is 246 g/mol. The minimum Gasteiger partial charge on any atom is -0.444 e. The van der Waals surface area contributed by atoms with Gasteiger partial charge in [-0.15, -0.1) is 0 Å². The van der Waals surface area contributed by atoms with Crippen LogP contribution in [0.5, 0.6) is 0 Å². The lowest BCUT2D eigenvalue weighted by atomic mass is 10.0. The third-order valence-corrected chi connectivity index (χ3v) is 2.46. The Morgan fingerprint density at radius 1 is 1.39 bits per heavy atom. The Morgan fingerprint density at radius 2 is 2.17 bits per heavy atom. The summed E-state index contributed by atoms with van der Waals surface area (Å²) in [6, 6.07) is 5.82. The first-order valence-electron chi connectivity index (χ1n) is 5.97. The number of carbonyl (C=O) groups is 1. The molecule has 2 N–H and O–H groups in total. The maximum Gasteiger partial charge on any atom is 0.412 e. The van der Waals surface area contributed by atoms with Gasteiger partial charge in [0.25, 0.3) is 0 Å². The largest absolute Gasteiger partial charge is 0.444 e. The average Bonchev–Trinajstić information content (AvgIpc) is 2.26. The van der Waals surface area contributed by atoms with Crippen LogP contribution in [0.2, 0.25) is 0 Å². The summed E-state index contributed by atoms with van der Waals surface area (Å²) < 4.78 is 5.21. The Bertz CT molecular complexity index is 487. The molecular weight excluding hydrogens is 228 g/mol. The van der Waals surface area contributed by atoms with Crippen LogP contribution < -0.4 is 10.6 Å². The highest BCUT2D eigenvalue weighted by Crippen LogP contribution is 2.20. The highest BCUT2D eigenvalue weighted by Gasteiger charge is 2.16. The van der Waals surface area contributed by atoms with Crippen LogP contribution in [0.1, 0.15) is 31.9 Å². The van der Waals surface area contributed by atoms with E-state index >= 15 is 0 Å². The third-order valence-electron chi connectivity index (χ3n) is 2.46. The van der Waals surface area contributed by atoms with E-state index in [0.717, 1.165) is 17.8 Å². The molecule has 4 heteroatoms. The Hall–Kier alpha value is -1.97. The minimum atomic E-state index is -0.484. The molecular formula is C14H18N2O2. The first-order chi connectivity index (χ1) is 8.44. The molecule has 1 heterocycles. The van der Waals surface area contributed by atoms with E-state index < -0.39 is 11.7 Å². The van der Waals surface area contributed by atoms with Crippen LogP contribution in [0.3, 0.4) is 0 Å². The highest BCUT2D eigenvalue weighted by atomic mass is 16.6. The standard InChI is InChI=1S/C14H18N2O2/c1-14(2,3)18-13(17)16-12-5-4-11-9-15-7-6-10(11)8-12/h4-8,15H,9H2,1-3H3,(H,16,17). The second-order valence-electron chi connectivity index (χ2n) is 5.25. The number of ether oxygens (including phenoxy) is 1. The Labute approximate surface area is 107 Å². The van der Waals surface area contributed by atoms with Crippen LogP contribution in [-0.2, 0) is 11.3 Å². The number of hydrogen-bond acceptors (Lipinski definition) is 3. The summed E-state index contributed by atoms with van der Waals surface area (Å²) >= 11 is 0. The van der Waals surface area contributed by atoms with Crippen molar-refractivity contribution in [3.05, 3.63) is 35.5 Å². The molecule has 0 atom stereocenters. The molecule has 18 heavy (non-hydrogen) atoms. The summed E-state index contributed by atoms with van der Waals surface area (Å²) in [4.78, 5) is 11.6. The fourth-order valence-electron chi connectivity index (χ4n) is 1.73. The molecule has 1 aliphatic heterocycles. The molecule has 0 unspecified atom stereocenters. The van der Waals surface area contributed by atoms with Crippen molar-refractivity contribution in [2.75, 3.05) is 5.32 Å². The molecule has 2 rings (SSSR count). The third kappa shape index (κ3) is 3.26. The van der Waals surface area contributed by atoms with Crippen molar-refractivity contribution in [3.63, 3.8) is 0 Å². The van der Waals surface area contributed by atoms with Crippen molar-refractivity contribution in [1.29, 1.82) is 0 Å². The van der Waals surface area contributed by atoms with Crippen LogP contribution in [0.4, 0.5) is 10.5 Å². The van der Waals surface area contributed by atoms with Gasteiger partial charge >= 0.3 is 6.09 Å². The highest BCUT2D eigenvalue weighted by molar-refractivity contribution is 5.85. The van der Waals surface area contributed by atoms with Crippen molar-refractivity contribution >= 4 is 17.9 Å². The second kappa shape index (κ2) is 4.72. The number of nitrogens with one attached hydrogen (secondary N) is 2. The molecule has 0 aromatic heterocycles. The molecule has 0 saturated heterocycles. The second-order valence-corrected chi connectivity index (χ2v) is 5.25. The molecule has 0 saturated carbocycles. The number of benzene rings is 1.